The number of aromatic amines is 1. The maximum Gasteiger partial charge on any atom is 0.345 e. The molecule has 5 rings (SSSR count). The number of aromatic nitrogens is 4. The predicted molar refractivity (Wildman–Crippen MR) is 140 cm³/mol. The van der Waals surface area contributed by atoms with Gasteiger partial charge in [0.05, 0.1) is 12.0 Å². The zero-order valence-electron chi connectivity index (χ0n) is 20.3. The highest BCUT2D eigenvalue weighted by molar-refractivity contribution is 9.10. The molecule has 1 aromatic carbocycles. The SMILES string of the molecule is Cc1c(NCCN2CCCC2)cc(COC(F)F)cc1N1CCN(c2ncnc3n[nH]c(Br)c23)CC1. The molecule has 2 aliphatic heterocycles. The molecular formula is C24H31BrF2N8O. The first-order valence-electron chi connectivity index (χ1n) is 12.3. The van der Waals surface area contributed by atoms with Crippen LogP contribution in [0, 0.1) is 6.92 Å². The summed E-state index contributed by atoms with van der Waals surface area (Å²) in [6, 6.07) is 3.92. The average molecular weight is 565 g/mol. The van der Waals surface area contributed by atoms with Gasteiger partial charge in [0.15, 0.2) is 5.65 Å². The van der Waals surface area contributed by atoms with Crippen molar-refractivity contribution < 1.29 is 13.5 Å². The molecule has 0 unspecified atom stereocenters. The fourth-order valence-corrected chi connectivity index (χ4v) is 5.52. The van der Waals surface area contributed by atoms with Gasteiger partial charge in [0, 0.05) is 50.6 Å². The van der Waals surface area contributed by atoms with E-state index in [0.29, 0.717) is 5.65 Å². The molecule has 2 aromatic heterocycles. The summed E-state index contributed by atoms with van der Waals surface area (Å²) < 4.78 is 31.0. The fraction of sp³-hybridized carbons (Fsp3) is 0.542. The molecule has 9 nitrogen and oxygen atoms in total. The van der Waals surface area contributed by atoms with Gasteiger partial charge < -0.3 is 24.8 Å². The molecule has 194 valence electrons. The number of nitrogens with zero attached hydrogens (tertiary/aromatic N) is 6. The third-order valence-corrected chi connectivity index (χ3v) is 7.54. The van der Waals surface area contributed by atoms with Crippen LogP contribution in [0.1, 0.15) is 24.0 Å². The van der Waals surface area contributed by atoms with E-state index in [1.165, 1.54) is 19.2 Å². The van der Waals surface area contributed by atoms with Crippen molar-refractivity contribution in [2.24, 2.45) is 0 Å². The highest BCUT2D eigenvalue weighted by Crippen LogP contribution is 2.33. The average Bonchev–Trinajstić information content (AvgIpc) is 3.54. The minimum absolute atomic E-state index is 0.126. The summed E-state index contributed by atoms with van der Waals surface area (Å²) in [6.45, 7) is 6.32. The Morgan fingerprint density at radius 2 is 1.83 bits per heavy atom. The molecule has 0 amide bonds. The first kappa shape index (κ1) is 25.1. The molecule has 0 bridgehead atoms. The summed E-state index contributed by atoms with van der Waals surface area (Å²) in [5.41, 5.74) is 4.50. The van der Waals surface area contributed by atoms with Crippen molar-refractivity contribution in [3.63, 3.8) is 0 Å². The Balaban J connectivity index is 1.32. The van der Waals surface area contributed by atoms with Crippen molar-refractivity contribution in [2.45, 2.75) is 33.0 Å². The van der Waals surface area contributed by atoms with E-state index >= 15 is 0 Å². The summed E-state index contributed by atoms with van der Waals surface area (Å²) in [5.74, 6) is 0.848. The van der Waals surface area contributed by atoms with Crippen LogP contribution in [0.25, 0.3) is 11.0 Å². The van der Waals surface area contributed by atoms with Crippen molar-refractivity contribution in [1.82, 2.24) is 25.1 Å². The molecule has 36 heavy (non-hydrogen) atoms. The van der Waals surface area contributed by atoms with Gasteiger partial charge in [0.1, 0.15) is 16.7 Å². The number of alkyl halides is 2. The van der Waals surface area contributed by atoms with E-state index in [0.717, 1.165) is 90.7 Å². The predicted octanol–water partition coefficient (Wildman–Crippen LogP) is 4.00. The van der Waals surface area contributed by atoms with E-state index in [1.807, 2.05) is 12.1 Å². The number of ether oxygens (including phenoxy) is 1. The van der Waals surface area contributed by atoms with Crippen LogP contribution in [0.2, 0.25) is 0 Å². The fourth-order valence-electron chi connectivity index (χ4n) is 5.07. The number of hydrogen-bond donors (Lipinski definition) is 2. The largest absolute Gasteiger partial charge is 0.383 e. The van der Waals surface area contributed by atoms with Crippen molar-refractivity contribution in [3.05, 3.63) is 34.2 Å². The van der Waals surface area contributed by atoms with Crippen LogP contribution in [0.4, 0.5) is 26.0 Å². The van der Waals surface area contributed by atoms with Crippen molar-refractivity contribution >= 4 is 44.2 Å². The minimum atomic E-state index is -2.79. The zero-order valence-corrected chi connectivity index (χ0v) is 21.9. The first-order chi connectivity index (χ1) is 17.5. The van der Waals surface area contributed by atoms with Gasteiger partial charge in [0.25, 0.3) is 0 Å². The number of piperazine rings is 1. The number of fused-ring (bicyclic) bond motifs is 1. The molecule has 2 aliphatic rings. The third kappa shape index (κ3) is 5.55. The number of nitrogens with one attached hydrogen (secondary N) is 2. The number of likely N-dealkylation sites (tertiary alicyclic amines) is 1. The smallest absolute Gasteiger partial charge is 0.345 e. The highest BCUT2D eigenvalue weighted by Gasteiger charge is 2.24. The number of halogens is 3. The summed E-state index contributed by atoms with van der Waals surface area (Å²) >= 11 is 3.51. The van der Waals surface area contributed by atoms with Crippen LogP contribution < -0.4 is 15.1 Å². The normalized spacial score (nSPS) is 17.0. The lowest BCUT2D eigenvalue weighted by Crippen LogP contribution is -2.47. The van der Waals surface area contributed by atoms with Crippen molar-refractivity contribution in [2.75, 3.05) is 67.5 Å². The molecule has 2 N–H and O–H groups in total. The summed E-state index contributed by atoms with van der Waals surface area (Å²) in [4.78, 5) is 15.7. The second-order valence-electron chi connectivity index (χ2n) is 9.24. The van der Waals surface area contributed by atoms with E-state index < -0.39 is 6.61 Å². The summed E-state index contributed by atoms with van der Waals surface area (Å²) in [7, 11) is 0. The monoisotopic (exact) mass is 564 g/mol. The number of rotatable bonds is 9. The maximum atomic E-state index is 12.8. The van der Waals surface area contributed by atoms with Gasteiger partial charge in [-0.2, -0.15) is 13.9 Å². The van der Waals surface area contributed by atoms with Crippen LogP contribution >= 0.6 is 15.9 Å². The van der Waals surface area contributed by atoms with Crippen molar-refractivity contribution in [3.8, 4) is 0 Å². The number of H-pyrrole nitrogens is 1. The molecule has 4 heterocycles. The lowest BCUT2D eigenvalue weighted by molar-refractivity contribution is -0.137. The molecule has 0 aliphatic carbocycles. The van der Waals surface area contributed by atoms with Crippen LogP contribution in [0.3, 0.4) is 0 Å². The molecule has 12 heteroatoms. The second-order valence-corrected chi connectivity index (χ2v) is 10.0. The summed E-state index contributed by atoms with van der Waals surface area (Å²) in [6.07, 6.45) is 4.05. The number of anilines is 3. The molecule has 2 saturated heterocycles. The van der Waals surface area contributed by atoms with E-state index in [2.05, 4.69) is 67.8 Å². The molecule has 3 aromatic rings. The van der Waals surface area contributed by atoms with Gasteiger partial charge in [-0.25, -0.2) is 9.97 Å². The Kier molecular flexibility index (Phi) is 7.82. The van der Waals surface area contributed by atoms with Gasteiger partial charge in [-0.15, -0.1) is 0 Å². The molecule has 0 radical (unpaired) electrons. The molecule has 0 saturated carbocycles. The highest BCUT2D eigenvalue weighted by atomic mass is 79.9. The standard InChI is InChI=1S/C24H31BrF2N8O/c1-16-18(28-4-7-33-5-2-3-6-33)12-17(14-36-24(26)27)13-19(16)34-8-10-35(11-9-34)23-20-21(25)31-32-22(20)29-15-30-23/h12-13,15,24,28H,2-11,14H2,1H3,(H,29,30,31,32). The van der Waals surface area contributed by atoms with E-state index in [-0.39, 0.29) is 6.61 Å². The van der Waals surface area contributed by atoms with Gasteiger partial charge in [-0.3, -0.25) is 5.10 Å². The third-order valence-electron chi connectivity index (χ3n) is 6.96. The molecular weight excluding hydrogens is 534 g/mol. The molecule has 0 atom stereocenters. The number of benzene rings is 1. The van der Waals surface area contributed by atoms with E-state index in [4.69, 9.17) is 0 Å². The number of hydrogen-bond acceptors (Lipinski definition) is 8. The second kappa shape index (κ2) is 11.2. The molecule has 0 spiro atoms. The Morgan fingerprint density at radius 3 is 2.58 bits per heavy atom. The topological polar surface area (TPSA) is 85.4 Å². The van der Waals surface area contributed by atoms with Gasteiger partial charge in [-0.1, -0.05) is 0 Å². The maximum absolute atomic E-state index is 12.8. The van der Waals surface area contributed by atoms with Gasteiger partial charge in [0.2, 0.25) is 0 Å². The molecule has 2 fully saturated rings. The van der Waals surface area contributed by atoms with E-state index in [1.54, 1.807) is 0 Å². The van der Waals surface area contributed by atoms with Crippen LogP contribution in [0.15, 0.2) is 23.1 Å². The van der Waals surface area contributed by atoms with Crippen LogP contribution in [-0.2, 0) is 11.3 Å². The zero-order chi connectivity index (χ0) is 25.1. The van der Waals surface area contributed by atoms with E-state index in [9.17, 15) is 8.78 Å². The van der Waals surface area contributed by atoms with Crippen LogP contribution in [-0.4, -0.2) is 84.0 Å². The Labute approximate surface area is 217 Å². The van der Waals surface area contributed by atoms with Crippen molar-refractivity contribution in [1.29, 1.82) is 0 Å². The van der Waals surface area contributed by atoms with Crippen LogP contribution in [0.5, 0.6) is 0 Å². The first-order valence-corrected chi connectivity index (χ1v) is 13.1. The quantitative estimate of drug-likeness (QED) is 0.403. The lowest BCUT2D eigenvalue weighted by atomic mass is 10.1. The van der Waals surface area contributed by atoms with Gasteiger partial charge in [-0.05, 0) is 72.0 Å². The Hall–Kier alpha value is -2.57. The lowest BCUT2D eigenvalue weighted by Gasteiger charge is -2.38. The Bertz CT molecular complexity index is 1180. The minimum Gasteiger partial charge on any atom is -0.383 e. The Morgan fingerprint density at radius 1 is 1.08 bits per heavy atom. The summed E-state index contributed by atoms with van der Waals surface area (Å²) in [5, 5.41) is 11.6. The van der Waals surface area contributed by atoms with Gasteiger partial charge >= 0.3 is 6.61 Å².